The van der Waals surface area contributed by atoms with Gasteiger partial charge in [0.15, 0.2) is 12.1 Å². The number of hydrogen-bond acceptors (Lipinski definition) is 7. The van der Waals surface area contributed by atoms with Crippen molar-refractivity contribution in [1.29, 1.82) is 0 Å². The molecule has 2 aromatic heterocycles. The second kappa shape index (κ2) is 10.5. The topological polar surface area (TPSA) is 130 Å². The SMILES string of the molecule is C[C@@H](NC(=O)c1ncoc1C1CCNCC1)c1ncc(Br)cn1.O=C(O)C(F)(F)F. The summed E-state index contributed by atoms with van der Waals surface area (Å²) >= 11 is 3.29. The second-order valence-electron chi connectivity index (χ2n) is 6.35. The highest BCUT2D eigenvalue weighted by molar-refractivity contribution is 9.10. The molecule has 0 saturated carbocycles. The number of alkyl halides is 3. The van der Waals surface area contributed by atoms with Crippen molar-refractivity contribution in [2.24, 2.45) is 0 Å². The molecule has 1 fully saturated rings. The number of carboxylic acid groups (broad SMARTS) is 1. The van der Waals surface area contributed by atoms with Gasteiger partial charge in [-0.3, -0.25) is 4.79 Å². The molecule has 0 aliphatic carbocycles. The Balaban J connectivity index is 0.000000396. The van der Waals surface area contributed by atoms with E-state index in [1.807, 2.05) is 6.92 Å². The Morgan fingerprint density at radius 3 is 2.37 bits per heavy atom. The molecule has 0 unspecified atom stereocenters. The third-order valence-electron chi connectivity index (χ3n) is 4.14. The molecule has 3 rings (SSSR count). The average molecular weight is 494 g/mol. The van der Waals surface area contributed by atoms with Crippen LogP contribution in [0.25, 0.3) is 0 Å². The van der Waals surface area contributed by atoms with Gasteiger partial charge in [-0.05, 0) is 48.8 Å². The first-order chi connectivity index (χ1) is 14.1. The molecule has 0 bridgehead atoms. The van der Waals surface area contributed by atoms with Gasteiger partial charge in [-0.2, -0.15) is 13.2 Å². The number of nitrogens with one attached hydrogen (secondary N) is 2. The van der Waals surface area contributed by atoms with Gasteiger partial charge in [0, 0.05) is 18.3 Å². The summed E-state index contributed by atoms with van der Waals surface area (Å²) in [4.78, 5) is 33.9. The Morgan fingerprint density at radius 2 is 1.83 bits per heavy atom. The molecular formula is C17H19BrF3N5O4. The fraction of sp³-hybridized carbons (Fsp3) is 0.471. The molecule has 3 heterocycles. The van der Waals surface area contributed by atoms with Crippen molar-refractivity contribution in [3.63, 3.8) is 0 Å². The maximum atomic E-state index is 12.5. The largest absolute Gasteiger partial charge is 0.490 e. The van der Waals surface area contributed by atoms with Crippen LogP contribution >= 0.6 is 15.9 Å². The number of oxazole rings is 1. The number of hydrogen-bond donors (Lipinski definition) is 3. The highest BCUT2D eigenvalue weighted by Crippen LogP contribution is 2.28. The molecule has 1 amide bonds. The molecule has 2 aromatic rings. The van der Waals surface area contributed by atoms with Crippen LogP contribution in [0.2, 0.25) is 0 Å². The lowest BCUT2D eigenvalue weighted by atomic mass is 9.94. The van der Waals surface area contributed by atoms with E-state index in [9.17, 15) is 18.0 Å². The standard InChI is InChI=1S/C15H18BrN5O2.C2HF3O2/c1-9(14-18-6-11(16)7-19-14)21-15(22)12-13(23-8-20-12)10-2-4-17-5-3-10;3-2(4,5)1(6)7/h6-10,17H,2-5H2,1H3,(H,21,22);(H,6,7)/t9-;/m1./s1. The van der Waals surface area contributed by atoms with Crippen LogP contribution in [0.4, 0.5) is 13.2 Å². The molecule has 3 N–H and O–H groups in total. The summed E-state index contributed by atoms with van der Waals surface area (Å²) in [5, 5.41) is 13.3. The van der Waals surface area contributed by atoms with E-state index >= 15 is 0 Å². The van der Waals surface area contributed by atoms with Gasteiger partial charge in [-0.1, -0.05) is 0 Å². The molecule has 1 aliphatic heterocycles. The average Bonchev–Trinajstić information content (AvgIpc) is 3.19. The minimum Gasteiger partial charge on any atom is -0.475 e. The normalized spacial score (nSPS) is 15.6. The molecule has 0 aromatic carbocycles. The van der Waals surface area contributed by atoms with E-state index in [4.69, 9.17) is 14.3 Å². The molecular weight excluding hydrogens is 475 g/mol. The summed E-state index contributed by atoms with van der Waals surface area (Å²) in [6.45, 7) is 3.69. The number of aliphatic carboxylic acids is 1. The molecule has 0 radical (unpaired) electrons. The quantitative estimate of drug-likeness (QED) is 0.592. The van der Waals surface area contributed by atoms with Gasteiger partial charge in [0.25, 0.3) is 5.91 Å². The zero-order valence-electron chi connectivity index (χ0n) is 15.7. The number of carboxylic acids is 1. The zero-order valence-corrected chi connectivity index (χ0v) is 17.3. The van der Waals surface area contributed by atoms with Gasteiger partial charge < -0.3 is 20.2 Å². The van der Waals surface area contributed by atoms with Gasteiger partial charge in [0.05, 0.1) is 10.5 Å². The third-order valence-corrected chi connectivity index (χ3v) is 4.55. The Labute approximate surface area is 177 Å². The number of amides is 1. The maximum absolute atomic E-state index is 12.5. The van der Waals surface area contributed by atoms with Crippen molar-refractivity contribution in [3.8, 4) is 0 Å². The second-order valence-corrected chi connectivity index (χ2v) is 7.26. The van der Waals surface area contributed by atoms with E-state index in [1.54, 1.807) is 12.4 Å². The molecule has 1 atom stereocenters. The van der Waals surface area contributed by atoms with Crippen LogP contribution < -0.4 is 10.6 Å². The highest BCUT2D eigenvalue weighted by atomic mass is 79.9. The summed E-state index contributed by atoms with van der Waals surface area (Å²) in [6.07, 6.45) is 1.46. The van der Waals surface area contributed by atoms with Crippen molar-refractivity contribution in [2.45, 2.75) is 37.9 Å². The van der Waals surface area contributed by atoms with Gasteiger partial charge in [0.1, 0.15) is 11.6 Å². The van der Waals surface area contributed by atoms with Crippen LogP contribution in [0.15, 0.2) is 27.7 Å². The van der Waals surface area contributed by atoms with Crippen LogP contribution in [-0.2, 0) is 4.79 Å². The predicted octanol–water partition coefficient (Wildman–Crippen LogP) is 2.82. The smallest absolute Gasteiger partial charge is 0.475 e. The Morgan fingerprint density at radius 1 is 1.27 bits per heavy atom. The van der Waals surface area contributed by atoms with E-state index < -0.39 is 12.1 Å². The van der Waals surface area contributed by atoms with Crippen molar-refractivity contribution in [2.75, 3.05) is 13.1 Å². The van der Waals surface area contributed by atoms with Crippen LogP contribution in [0.5, 0.6) is 0 Å². The molecule has 1 saturated heterocycles. The van der Waals surface area contributed by atoms with Gasteiger partial charge in [0.2, 0.25) is 0 Å². The minimum absolute atomic E-state index is 0.235. The lowest BCUT2D eigenvalue weighted by Crippen LogP contribution is -2.31. The van der Waals surface area contributed by atoms with Crippen LogP contribution in [0, 0.1) is 0 Å². The van der Waals surface area contributed by atoms with Crippen LogP contribution in [0.3, 0.4) is 0 Å². The third kappa shape index (κ3) is 6.76. The molecule has 30 heavy (non-hydrogen) atoms. The van der Waals surface area contributed by atoms with Crippen molar-refractivity contribution in [3.05, 3.63) is 40.5 Å². The lowest BCUT2D eigenvalue weighted by molar-refractivity contribution is -0.192. The first kappa shape index (κ1) is 23.7. The molecule has 1 aliphatic rings. The first-order valence-corrected chi connectivity index (χ1v) is 9.61. The van der Waals surface area contributed by atoms with Gasteiger partial charge >= 0.3 is 12.1 Å². The van der Waals surface area contributed by atoms with Crippen LogP contribution in [0.1, 0.15) is 53.8 Å². The summed E-state index contributed by atoms with van der Waals surface area (Å²) in [5.74, 6) is -1.56. The number of halogens is 4. The molecule has 9 nitrogen and oxygen atoms in total. The number of rotatable bonds is 4. The monoisotopic (exact) mass is 493 g/mol. The van der Waals surface area contributed by atoms with E-state index in [0.717, 1.165) is 30.4 Å². The highest BCUT2D eigenvalue weighted by Gasteiger charge is 2.38. The van der Waals surface area contributed by atoms with Crippen LogP contribution in [-0.4, -0.2) is 51.2 Å². The number of piperidine rings is 1. The van der Waals surface area contributed by atoms with Gasteiger partial charge in [-0.25, -0.2) is 19.7 Å². The Bertz CT molecular complexity index is 854. The van der Waals surface area contributed by atoms with Crippen molar-refractivity contribution < 1.29 is 32.3 Å². The molecule has 0 spiro atoms. The van der Waals surface area contributed by atoms with E-state index in [-0.39, 0.29) is 17.9 Å². The Kier molecular flexibility index (Phi) is 8.29. The zero-order chi connectivity index (χ0) is 22.3. The van der Waals surface area contributed by atoms with Crippen molar-refractivity contribution in [1.82, 2.24) is 25.6 Å². The summed E-state index contributed by atoms with van der Waals surface area (Å²) < 4.78 is 38.0. The summed E-state index contributed by atoms with van der Waals surface area (Å²) in [5.41, 5.74) is 0.362. The minimum atomic E-state index is -5.08. The number of nitrogens with zero attached hydrogens (tertiary/aromatic N) is 3. The van der Waals surface area contributed by atoms with E-state index in [1.165, 1.54) is 6.39 Å². The summed E-state index contributed by atoms with van der Waals surface area (Å²) in [7, 11) is 0. The fourth-order valence-corrected chi connectivity index (χ4v) is 2.88. The number of aromatic nitrogens is 3. The van der Waals surface area contributed by atoms with Crippen molar-refractivity contribution >= 4 is 27.8 Å². The van der Waals surface area contributed by atoms with E-state index in [2.05, 4.69) is 41.5 Å². The molecule has 13 heteroatoms. The lowest BCUT2D eigenvalue weighted by Gasteiger charge is -2.21. The predicted molar refractivity (Wildman–Crippen MR) is 101 cm³/mol. The number of carbonyl (C=O) groups excluding carboxylic acids is 1. The Hall–Kier alpha value is -2.54. The van der Waals surface area contributed by atoms with Gasteiger partial charge in [-0.15, -0.1) is 0 Å². The molecule has 164 valence electrons. The maximum Gasteiger partial charge on any atom is 0.490 e. The number of carbonyl (C=O) groups is 2. The summed E-state index contributed by atoms with van der Waals surface area (Å²) in [6, 6.07) is -0.312. The first-order valence-electron chi connectivity index (χ1n) is 8.82. The fourth-order valence-electron chi connectivity index (χ4n) is 2.67. The van der Waals surface area contributed by atoms with E-state index in [0.29, 0.717) is 17.3 Å².